The van der Waals surface area contributed by atoms with Crippen LogP contribution in [0.3, 0.4) is 0 Å². The summed E-state index contributed by atoms with van der Waals surface area (Å²) in [5.41, 5.74) is 0. The van der Waals surface area contributed by atoms with Crippen LogP contribution in [0.4, 0.5) is 0 Å². The van der Waals surface area contributed by atoms with E-state index in [0.717, 1.165) is 0 Å². The maximum absolute atomic E-state index is 11.6. The Morgan fingerprint density at radius 3 is 2.10 bits per heavy atom. The molecule has 0 aromatic heterocycles. The van der Waals surface area contributed by atoms with E-state index >= 15 is 0 Å². The first-order chi connectivity index (χ1) is 13.6. The summed E-state index contributed by atoms with van der Waals surface area (Å²) in [7, 11) is 0. The first-order valence-electron chi connectivity index (χ1n) is 9.18. The van der Waals surface area contributed by atoms with Crippen molar-refractivity contribution in [3.8, 4) is 0 Å². The largest absolute Gasteiger partial charge is 0.462 e. The molecule has 1 aliphatic rings. The Morgan fingerprint density at radius 1 is 0.966 bits per heavy atom. The Labute approximate surface area is 169 Å². The second kappa shape index (κ2) is 12.2. The van der Waals surface area contributed by atoms with Crippen LogP contribution in [-0.4, -0.2) is 67.8 Å². The predicted molar refractivity (Wildman–Crippen MR) is 97.3 cm³/mol. The standard InChI is InChI=1S/C19H28O10/c1-6-7-8-9-24-19-18(28-14(5)23)17(27-13(4)22)16(29-19)15(26-12(3)21)10-25-11(2)20/h6,15-19H,1,7-10H2,2-5H3/t15-,16+,17+,18-,19-/m1/s1. The van der Waals surface area contributed by atoms with Crippen molar-refractivity contribution >= 4 is 23.9 Å². The van der Waals surface area contributed by atoms with Gasteiger partial charge in [0.1, 0.15) is 12.7 Å². The lowest BCUT2D eigenvalue weighted by atomic mass is 10.1. The Hall–Kier alpha value is -2.46. The van der Waals surface area contributed by atoms with Crippen molar-refractivity contribution in [1.29, 1.82) is 0 Å². The highest BCUT2D eigenvalue weighted by molar-refractivity contribution is 5.68. The molecule has 0 amide bonds. The highest BCUT2D eigenvalue weighted by Gasteiger charge is 2.54. The molecule has 1 fully saturated rings. The van der Waals surface area contributed by atoms with Crippen molar-refractivity contribution in [3.05, 3.63) is 12.7 Å². The van der Waals surface area contributed by atoms with Gasteiger partial charge in [-0.15, -0.1) is 6.58 Å². The minimum atomic E-state index is -1.14. The lowest BCUT2D eigenvalue weighted by Crippen LogP contribution is -2.46. The van der Waals surface area contributed by atoms with Crippen LogP contribution in [0.25, 0.3) is 0 Å². The summed E-state index contributed by atoms with van der Waals surface area (Å²) < 4.78 is 32.2. The summed E-state index contributed by atoms with van der Waals surface area (Å²) in [6, 6.07) is 0. The summed E-state index contributed by atoms with van der Waals surface area (Å²) in [4.78, 5) is 45.9. The van der Waals surface area contributed by atoms with E-state index < -0.39 is 54.6 Å². The van der Waals surface area contributed by atoms with Crippen LogP contribution in [0.2, 0.25) is 0 Å². The monoisotopic (exact) mass is 416 g/mol. The van der Waals surface area contributed by atoms with Gasteiger partial charge >= 0.3 is 23.9 Å². The van der Waals surface area contributed by atoms with E-state index in [1.54, 1.807) is 6.08 Å². The van der Waals surface area contributed by atoms with Crippen LogP contribution >= 0.6 is 0 Å². The van der Waals surface area contributed by atoms with Crippen LogP contribution in [-0.2, 0) is 47.6 Å². The topological polar surface area (TPSA) is 124 Å². The van der Waals surface area contributed by atoms with Gasteiger partial charge in [0, 0.05) is 27.7 Å². The molecule has 10 heteroatoms. The van der Waals surface area contributed by atoms with E-state index in [1.165, 1.54) is 27.7 Å². The van der Waals surface area contributed by atoms with E-state index in [0.29, 0.717) is 12.8 Å². The summed E-state index contributed by atoms with van der Waals surface area (Å²) in [6.07, 6.45) is -2.45. The van der Waals surface area contributed by atoms with Gasteiger partial charge < -0.3 is 28.4 Å². The highest BCUT2D eigenvalue weighted by Crippen LogP contribution is 2.31. The summed E-state index contributed by atoms with van der Waals surface area (Å²) in [6.45, 7) is 8.27. The smallest absolute Gasteiger partial charge is 0.303 e. The molecule has 1 heterocycles. The predicted octanol–water partition coefficient (Wildman–Crippen LogP) is 1.05. The van der Waals surface area contributed by atoms with Crippen molar-refractivity contribution < 1.29 is 47.6 Å². The van der Waals surface area contributed by atoms with Crippen LogP contribution < -0.4 is 0 Å². The van der Waals surface area contributed by atoms with Gasteiger partial charge in [0.25, 0.3) is 0 Å². The number of esters is 4. The van der Waals surface area contributed by atoms with Crippen LogP contribution in [0.15, 0.2) is 12.7 Å². The molecular formula is C19H28O10. The molecule has 0 aromatic carbocycles. The summed E-state index contributed by atoms with van der Waals surface area (Å²) in [5.74, 6) is -2.56. The minimum absolute atomic E-state index is 0.260. The lowest BCUT2D eigenvalue weighted by molar-refractivity contribution is -0.199. The van der Waals surface area contributed by atoms with E-state index in [9.17, 15) is 19.2 Å². The number of ether oxygens (including phenoxy) is 6. The maximum atomic E-state index is 11.6. The van der Waals surface area contributed by atoms with Gasteiger partial charge in [0.05, 0.1) is 6.61 Å². The quantitative estimate of drug-likeness (QED) is 0.209. The Morgan fingerprint density at radius 2 is 1.59 bits per heavy atom. The van der Waals surface area contributed by atoms with Gasteiger partial charge in [-0.25, -0.2) is 0 Å². The Bertz CT molecular complexity index is 602. The molecule has 0 bridgehead atoms. The molecule has 0 saturated carbocycles. The first kappa shape index (κ1) is 24.6. The molecular weight excluding hydrogens is 388 g/mol. The van der Waals surface area contributed by atoms with E-state index in [1.807, 2.05) is 0 Å². The number of carbonyl (C=O) groups is 4. The van der Waals surface area contributed by atoms with Crippen LogP contribution in [0.5, 0.6) is 0 Å². The van der Waals surface area contributed by atoms with Gasteiger partial charge in [0.2, 0.25) is 0 Å². The third-order valence-corrected chi connectivity index (χ3v) is 3.78. The lowest BCUT2D eigenvalue weighted by Gasteiger charge is -2.27. The fourth-order valence-electron chi connectivity index (χ4n) is 2.76. The van der Waals surface area contributed by atoms with Gasteiger partial charge in [0.15, 0.2) is 24.6 Å². The molecule has 0 unspecified atom stereocenters. The molecule has 1 aliphatic heterocycles. The average Bonchev–Trinajstić information content (AvgIpc) is 2.91. The molecule has 0 radical (unpaired) electrons. The second-order valence-electron chi connectivity index (χ2n) is 6.37. The molecule has 0 aromatic rings. The molecule has 0 aliphatic carbocycles. The van der Waals surface area contributed by atoms with Gasteiger partial charge in [-0.2, -0.15) is 0 Å². The number of carbonyl (C=O) groups excluding carboxylic acids is 4. The zero-order valence-corrected chi connectivity index (χ0v) is 17.1. The van der Waals surface area contributed by atoms with Crippen LogP contribution in [0.1, 0.15) is 40.5 Å². The molecule has 10 nitrogen and oxygen atoms in total. The number of hydrogen-bond acceptors (Lipinski definition) is 10. The molecule has 0 spiro atoms. The Kier molecular flexibility index (Phi) is 10.3. The fraction of sp³-hybridized carbons (Fsp3) is 0.684. The third kappa shape index (κ3) is 8.61. The van der Waals surface area contributed by atoms with Gasteiger partial charge in [-0.05, 0) is 12.8 Å². The van der Waals surface area contributed by atoms with Crippen molar-refractivity contribution in [2.75, 3.05) is 13.2 Å². The average molecular weight is 416 g/mol. The van der Waals surface area contributed by atoms with E-state index in [-0.39, 0.29) is 13.2 Å². The van der Waals surface area contributed by atoms with Crippen LogP contribution in [0, 0.1) is 0 Å². The molecule has 1 rings (SSSR count). The van der Waals surface area contributed by atoms with Gasteiger partial charge in [-0.1, -0.05) is 6.08 Å². The Balaban J connectivity index is 3.11. The zero-order valence-electron chi connectivity index (χ0n) is 17.1. The minimum Gasteiger partial charge on any atom is -0.462 e. The second-order valence-corrected chi connectivity index (χ2v) is 6.37. The number of allylic oxidation sites excluding steroid dienone is 1. The molecule has 0 N–H and O–H groups in total. The number of hydrogen-bond donors (Lipinski definition) is 0. The highest BCUT2D eigenvalue weighted by atomic mass is 16.7. The van der Waals surface area contributed by atoms with Crippen molar-refractivity contribution in [2.45, 2.75) is 71.2 Å². The molecule has 29 heavy (non-hydrogen) atoms. The zero-order chi connectivity index (χ0) is 22.0. The van der Waals surface area contributed by atoms with Gasteiger partial charge in [-0.3, -0.25) is 19.2 Å². The summed E-state index contributed by atoms with van der Waals surface area (Å²) in [5, 5.41) is 0. The molecule has 164 valence electrons. The third-order valence-electron chi connectivity index (χ3n) is 3.78. The molecule has 5 atom stereocenters. The SMILES string of the molecule is C=CCCCO[C@@H]1O[C@@H]([C@@H](COC(C)=O)OC(C)=O)[C@H](OC(C)=O)[C@H]1OC(C)=O. The van der Waals surface area contributed by atoms with E-state index in [2.05, 4.69) is 6.58 Å². The number of rotatable bonds is 11. The summed E-state index contributed by atoms with van der Waals surface area (Å²) >= 11 is 0. The molecule has 1 saturated heterocycles. The normalized spacial score (nSPS) is 24.3. The first-order valence-corrected chi connectivity index (χ1v) is 9.18. The maximum Gasteiger partial charge on any atom is 0.303 e. The van der Waals surface area contributed by atoms with E-state index in [4.69, 9.17) is 28.4 Å². The van der Waals surface area contributed by atoms with Crippen molar-refractivity contribution in [3.63, 3.8) is 0 Å². The van der Waals surface area contributed by atoms with Crippen molar-refractivity contribution in [1.82, 2.24) is 0 Å². The fourth-order valence-corrected chi connectivity index (χ4v) is 2.76. The number of unbranched alkanes of at least 4 members (excludes halogenated alkanes) is 1. The van der Waals surface area contributed by atoms with Crippen molar-refractivity contribution in [2.24, 2.45) is 0 Å².